The zero-order valence-electron chi connectivity index (χ0n) is 30.6. The van der Waals surface area contributed by atoms with E-state index in [0.29, 0.717) is 18.5 Å². The Labute approximate surface area is 307 Å². The van der Waals surface area contributed by atoms with Crippen LogP contribution in [0.3, 0.4) is 0 Å². The van der Waals surface area contributed by atoms with Gasteiger partial charge in [0, 0.05) is 29.9 Å². The second kappa shape index (κ2) is 18.1. The maximum absolute atomic E-state index is 14.2. The van der Waals surface area contributed by atoms with E-state index in [9.17, 15) is 38.7 Å². The summed E-state index contributed by atoms with van der Waals surface area (Å²) >= 11 is 0. The molecule has 0 aliphatic carbocycles. The van der Waals surface area contributed by atoms with E-state index in [1.165, 1.54) is 0 Å². The number of hydrogen-bond donors (Lipinski definition) is 8. The van der Waals surface area contributed by atoms with Crippen LogP contribution in [0.1, 0.15) is 65.4 Å². The lowest BCUT2D eigenvalue weighted by molar-refractivity contribution is -0.151. The van der Waals surface area contributed by atoms with Crippen molar-refractivity contribution in [1.29, 1.82) is 0 Å². The lowest BCUT2D eigenvalue weighted by atomic mass is 9.98. The van der Waals surface area contributed by atoms with Gasteiger partial charge < -0.3 is 52.5 Å². The minimum absolute atomic E-state index is 0.0542. The number of aliphatic carboxylic acids is 1. The molecule has 53 heavy (non-hydrogen) atoms. The van der Waals surface area contributed by atoms with Crippen molar-refractivity contribution in [2.45, 2.75) is 109 Å². The number of esters is 1. The fourth-order valence-electron chi connectivity index (χ4n) is 6.68. The standard InChI is InChI=1S/C36H52N8O9/c1-18(2)12-25-31(47)40-26(13-20-16-39-24-10-6-5-8-22(20)24)32(48)42-27(15-29(45)46)35(51)44-17-21(53-36(52)23(38)9-7-11-37)14-28(44)33(49)43-30(19(3)4)34(50)41-25/h5-6,8,10,16,18-19,21,23,25-28,30,39H,7,9,11-15,17,37-38H2,1-4H3,(H,40,47)(H,41,50)(H,42,48)(H,43,49)(H,45,46). The van der Waals surface area contributed by atoms with E-state index < -0.39 is 96.2 Å². The van der Waals surface area contributed by atoms with Crippen molar-refractivity contribution in [1.82, 2.24) is 31.2 Å². The fraction of sp³-hybridized carbons (Fsp3) is 0.583. The number of nitrogens with zero attached hydrogens (tertiary/aromatic N) is 1. The van der Waals surface area contributed by atoms with Gasteiger partial charge >= 0.3 is 11.9 Å². The van der Waals surface area contributed by atoms with Crippen molar-refractivity contribution in [2.24, 2.45) is 23.3 Å². The molecule has 17 heteroatoms. The van der Waals surface area contributed by atoms with Crippen LogP contribution in [0.2, 0.25) is 0 Å². The molecule has 0 radical (unpaired) electrons. The van der Waals surface area contributed by atoms with Crippen LogP contribution < -0.4 is 32.7 Å². The molecule has 7 unspecified atom stereocenters. The van der Waals surface area contributed by atoms with Gasteiger partial charge in [0.15, 0.2) is 0 Å². The Morgan fingerprint density at radius 2 is 1.58 bits per heavy atom. The van der Waals surface area contributed by atoms with Gasteiger partial charge in [-0.15, -0.1) is 0 Å². The molecule has 10 N–H and O–H groups in total. The van der Waals surface area contributed by atoms with Crippen LogP contribution in [0.15, 0.2) is 30.5 Å². The van der Waals surface area contributed by atoms with Crippen molar-refractivity contribution < 1.29 is 43.4 Å². The summed E-state index contributed by atoms with van der Waals surface area (Å²) in [6.45, 7) is 7.10. The number of carbonyl (C=O) groups excluding carboxylic acids is 6. The Bertz CT molecular complexity index is 1680. The zero-order valence-corrected chi connectivity index (χ0v) is 30.6. The van der Waals surface area contributed by atoms with Gasteiger partial charge in [-0.25, -0.2) is 0 Å². The Balaban J connectivity index is 1.76. The van der Waals surface area contributed by atoms with Crippen molar-refractivity contribution in [3.63, 3.8) is 0 Å². The number of para-hydroxylation sites is 1. The molecule has 4 rings (SSSR count). The molecule has 1 aromatic carbocycles. The first-order chi connectivity index (χ1) is 25.1. The van der Waals surface area contributed by atoms with Gasteiger partial charge in [0.05, 0.1) is 13.0 Å². The minimum atomic E-state index is -1.68. The van der Waals surface area contributed by atoms with Crippen LogP contribution in [-0.4, -0.2) is 112 Å². The number of amides is 5. The second-order valence-corrected chi connectivity index (χ2v) is 14.5. The van der Waals surface area contributed by atoms with Crippen molar-refractivity contribution in [2.75, 3.05) is 13.1 Å². The van der Waals surface area contributed by atoms with E-state index in [4.69, 9.17) is 16.2 Å². The van der Waals surface area contributed by atoms with Crippen LogP contribution in [0, 0.1) is 11.8 Å². The van der Waals surface area contributed by atoms with E-state index in [1.807, 2.05) is 38.1 Å². The van der Waals surface area contributed by atoms with Gasteiger partial charge in [0.25, 0.3) is 0 Å². The number of carboxylic acid groups (broad SMARTS) is 1. The maximum atomic E-state index is 14.2. The zero-order chi connectivity index (χ0) is 39.0. The lowest BCUT2D eigenvalue weighted by Gasteiger charge is -2.30. The Morgan fingerprint density at radius 3 is 2.25 bits per heavy atom. The molecule has 7 atom stereocenters. The molecule has 5 amide bonds. The van der Waals surface area contributed by atoms with Crippen molar-refractivity contribution in [3.8, 4) is 0 Å². The molecule has 2 aromatic rings. The number of H-pyrrole nitrogens is 1. The van der Waals surface area contributed by atoms with Gasteiger partial charge in [0.2, 0.25) is 29.5 Å². The highest BCUT2D eigenvalue weighted by atomic mass is 16.5. The van der Waals surface area contributed by atoms with Gasteiger partial charge in [-0.05, 0) is 49.3 Å². The SMILES string of the molecule is CC(C)CC1NC(=O)C(C(C)C)NC(=O)C2CC(OC(=O)C(N)CCCN)CN2C(=O)C(CC(=O)O)NC(=O)C(Cc2c[nH]c3ccccc23)NC1=O. The predicted molar refractivity (Wildman–Crippen MR) is 193 cm³/mol. The third-order valence-electron chi connectivity index (χ3n) is 9.47. The summed E-state index contributed by atoms with van der Waals surface area (Å²) in [5.74, 6) is -6.62. The largest absolute Gasteiger partial charge is 0.481 e. The summed E-state index contributed by atoms with van der Waals surface area (Å²) < 4.78 is 5.60. The summed E-state index contributed by atoms with van der Waals surface area (Å²) in [5.41, 5.74) is 13.0. The highest BCUT2D eigenvalue weighted by Crippen LogP contribution is 2.25. The number of aromatic nitrogens is 1. The molecule has 0 bridgehead atoms. The molecule has 1 aromatic heterocycles. The quantitative estimate of drug-likeness (QED) is 0.128. The van der Waals surface area contributed by atoms with Gasteiger partial charge in [-0.1, -0.05) is 45.9 Å². The number of carbonyl (C=O) groups is 7. The topological polar surface area (TPSA) is 268 Å². The number of nitrogens with one attached hydrogen (secondary N) is 5. The summed E-state index contributed by atoms with van der Waals surface area (Å²) in [4.78, 5) is 99.1. The monoisotopic (exact) mass is 740 g/mol. The van der Waals surface area contributed by atoms with Crippen molar-refractivity contribution in [3.05, 3.63) is 36.0 Å². The molecule has 2 aliphatic rings. The Morgan fingerprint density at radius 1 is 0.925 bits per heavy atom. The summed E-state index contributed by atoms with van der Waals surface area (Å²) in [5, 5.41) is 21.3. The molecule has 0 saturated carbocycles. The molecule has 2 fully saturated rings. The number of ether oxygens (including phenoxy) is 1. The predicted octanol–water partition coefficient (Wildman–Crippen LogP) is -0.581. The Kier molecular flexibility index (Phi) is 13.9. The maximum Gasteiger partial charge on any atom is 0.323 e. The van der Waals surface area contributed by atoms with Crippen LogP contribution >= 0.6 is 0 Å². The number of hydrogen-bond acceptors (Lipinski definition) is 10. The minimum Gasteiger partial charge on any atom is -0.481 e. The van der Waals surface area contributed by atoms with E-state index in [2.05, 4.69) is 26.3 Å². The second-order valence-electron chi connectivity index (χ2n) is 14.5. The molecule has 3 heterocycles. The van der Waals surface area contributed by atoms with Crippen molar-refractivity contribution >= 4 is 52.4 Å². The van der Waals surface area contributed by atoms with Crippen LogP contribution in [-0.2, 0) is 44.7 Å². The van der Waals surface area contributed by atoms with Gasteiger partial charge in [0.1, 0.15) is 42.4 Å². The third-order valence-corrected chi connectivity index (χ3v) is 9.47. The summed E-state index contributed by atoms with van der Waals surface area (Å²) in [6.07, 6.45) is 0.480. The number of rotatable bonds is 12. The summed E-state index contributed by atoms with van der Waals surface area (Å²) in [7, 11) is 0. The van der Waals surface area contributed by atoms with Crippen LogP contribution in [0.4, 0.5) is 0 Å². The molecule has 0 spiro atoms. The Hall–Kier alpha value is -5.03. The lowest BCUT2D eigenvalue weighted by Crippen LogP contribution is -2.59. The van der Waals surface area contributed by atoms with Crippen LogP contribution in [0.25, 0.3) is 10.9 Å². The molecule has 290 valence electrons. The third kappa shape index (κ3) is 10.5. The highest BCUT2D eigenvalue weighted by Gasteiger charge is 2.46. The first-order valence-corrected chi connectivity index (χ1v) is 18.0. The molecule has 2 aliphatic heterocycles. The number of fused-ring (bicyclic) bond motifs is 2. The number of benzene rings is 1. The first kappa shape index (κ1) is 40.7. The highest BCUT2D eigenvalue weighted by molar-refractivity contribution is 5.99. The average molecular weight is 741 g/mol. The normalized spacial score (nSPS) is 25.2. The average Bonchev–Trinajstić information content (AvgIpc) is 3.71. The van der Waals surface area contributed by atoms with E-state index in [-0.39, 0.29) is 38.1 Å². The molecular weight excluding hydrogens is 688 g/mol. The van der Waals surface area contributed by atoms with Gasteiger partial charge in [-0.3, -0.25) is 33.6 Å². The van der Waals surface area contributed by atoms with E-state index >= 15 is 0 Å². The number of carboxylic acids is 1. The van der Waals surface area contributed by atoms with Crippen LogP contribution in [0.5, 0.6) is 0 Å². The molecule has 2 saturated heterocycles. The molecular formula is C36H52N8O9. The smallest absolute Gasteiger partial charge is 0.323 e. The number of nitrogens with two attached hydrogens (primary N) is 2. The number of aromatic amines is 1. The van der Waals surface area contributed by atoms with E-state index in [0.717, 1.165) is 15.8 Å². The fourth-order valence-corrected chi connectivity index (χ4v) is 6.68. The van der Waals surface area contributed by atoms with E-state index in [1.54, 1.807) is 20.0 Å². The van der Waals surface area contributed by atoms with Gasteiger partial charge in [-0.2, -0.15) is 0 Å². The first-order valence-electron chi connectivity index (χ1n) is 18.0. The molecule has 17 nitrogen and oxygen atoms in total. The summed E-state index contributed by atoms with van der Waals surface area (Å²) in [6, 6.07) is -0.268.